The summed E-state index contributed by atoms with van der Waals surface area (Å²) in [5.74, 6) is 1.11. The molecule has 1 aliphatic heterocycles. The van der Waals surface area contributed by atoms with Crippen LogP contribution in [0.1, 0.15) is 18.4 Å². The number of nitrogens with zero attached hydrogens (tertiary/aromatic N) is 2. The number of amidine groups is 1. The van der Waals surface area contributed by atoms with Crippen LogP contribution in [-0.4, -0.2) is 29.1 Å². The second-order valence-corrected chi connectivity index (χ2v) is 7.33. The van der Waals surface area contributed by atoms with E-state index in [1.54, 1.807) is 4.90 Å². The van der Waals surface area contributed by atoms with Gasteiger partial charge in [-0.25, -0.2) is 4.98 Å². The van der Waals surface area contributed by atoms with Crippen LogP contribution in [-0.2, 0) is 0 Å². The van der Waals surface area contributed by atoms with E-state index in [0.29, 0.717) is 22.9 Å². The minimum absolute atomic E-state index is 0.157. The third-order valence-electron chi connectivity index (χ3n) is 4.51. The molecule has 4 rings (SSSR count). The highest BCUT2D eigenvalue weighted by atomic mass is 32.1. The lowest BCUT2D eigenvalue weighted by Crippen LogP contribution is -2.26. The fraction of sp³-hybridized carbons (Fsp3) is 0.182. The van der Waals surface area contributed by atoms with Crippen molar-refractivity contribution < 1.29 is 9.84 Å². The first-order chi connectivity index (χ1) is 13.7. The van der Waals surface area contributed by atoms with E-state index in [0.717, 1.165) is 23.4 Å². The summed E-state index contributed by atoms with van der Waals surface area (Å²) < 4.78 is 5.83. The van der Waals surface area contributed by atoms with E-state index in [-0.39, 0.29) is 18.1 Å². The van der Waals surface area contributed by atoms with Gasteiger partial charge in [0.05, 0.1) is 30.1 Å². The van der Waals surface area contributed by atoms with E-state index < -0.39 is 0 Å². The van der Waals surface area contributed by atoms with Crippen molar-refractivity contribution in [2.75, 3.05) is 18.1 Å². The van der Waals surface area contributed by atoms with Crippen molar-refractivity contribution in [1.29, 1.82) is 5.41 Å². The predicted molar refractivity (Wildman–Crippen MR) is 114 cm³/mol. The summed E-state index contributed by atoms with van der Waals surface area (Å²) in [6, 6.07) is 17.5. The van der Waals surface area contributed by atoms with E-state index in [2.05, 4.69) is 11.9 Å². The number of benzene rings is 2. The minimum atomic E-state index is 0.157. The number of ether oxygens (including phenoxy) is 1. The summed E-state index contributed by atoms with van der Waals surface area (Å²) in [6.45, 7) is 2.90. The van der Waals surface area contributed by atoms with Gasteiger partial charge in [-0.2, -0.15) is 0 Å². The van der Waals surface area contributed by atoms with Crippen molar-refractivity contribution in [2.24, 2.45) is 0 Å². The molecule has 2 aromatic carbocycles. The van der Waals surface area contributed by atoms with Crippen LogP contribution in [0, 0.1) is 5.41 Å². The van der Waals surface area contributed by atoms with Crippen LogP contribution >= 0.6 is 11.3 Å². The molecular weight excluding hydrogens is 370 g/mol. The Morgan fingerprint density at radius 2 is 1.89 bits per heavy atom. The molecule has 28 heavy (non-hydrogen) atoms. The number of rotatable bonds is 6. The summed E-state index contributed by atoms with van der Waals surface area (Å²) in [6.07, 6.45) is 0.905. The molecule has 0 unspecified atom stereocenters. The van der Waals surface area contributed by atoms with Crippen LogP contribution in [0.4, 0.5) is 5.69 Å². The zero-order valence-electron chi connectivity index (χ0n) is 15.6. The maximum absolute atomic E-state index is 10.6. The first kappa shape index (κ1) is 18.3. The van der Waals surface area contributed by atoms with E-state index in [1.807, 2.05) is 60.0 Å². The smallest absolute Gasteiger partial charge is 0.142 e. The van der Waals surface area contributed by atoms with Crippen LogP contribution in [0.25, 0.3) is 16.8 Å². The molecule has 2 heterocycles. The van der Waals surface area contributed by atoms with Crippen molar-refractivity contribution in [1.82, 2.24) is 4.98 Å². The van der Waals surface area contributed by atoms with Gasteiger partial charge in [-0.3, -0.25) is 5.41 Å². The Bertz CT molecular complexity index is 1030. The van der Waals surface area contributed by atoms with Crippen molar-refractivity contribution in [3.63, 3.8) is 0 Å². The van der Waals surface area contributed by atoms with Gasteiger partial charge >= 0.3 is 0 Å². The molecule has 3 aromatic rings. The highest BCUT2D eigenvalue weighted by Crippen LogP contribution is 2.37. The molecule has 5 nitrogen and oxygen atoms in total. The Morgan fingerprint density at radius 1 is 1.14 bits per heavy atom. The quantitative estimate of drug-likeness (QED) is 0.593. The molecule has 0 spiro atoms. The molecule has 0 saturated carbocycles. The molecule has 0 aliphatic carbocycles. The number of aromatic nitrogens is 1. The molecular formula is C22H21N3O2S. The maximum Gasteiger partial charge on any atom is 0.142 e. The minimum Gasteiger partial charge on any atom is -0.510 e. The van der Waals surface area contributed by atoms with Crippen molar-refractivity contribution in [3.05, 3.63) is 70.7 Å². The van der Waals surface area contributed by atoms with E-state index in [1.165, 1.54) is 11.3 Å². The third-order valence-corrected chi connectivity index (χ3v) is 5.37. The fourth-order valence-electron chi connectivity index (χ4n) is 3.15. The molecule has 1 aliphatic rings. The Labute approximate surface area is 168 Å². The average Bonchev–Trinajstić information content (AvgIpc) is 3.31. The van der Waals surface area contributed by atoms with Gasteiger partial charge in [0, 0.05) is 10.9 Å². The third kappa shape index (κ3) is 3.39. The lowest BCUT2D eigenvalue weighted by Gasteiger charge is -2.21. The topological polar surface area (TPSA) is 69.4 Å². The Hall–Kier alpha value is -3.12. The van der Waals surface area contributed by atoms with Gasteiger partial charge in [0.2, 0.25) is 0 Å². The Morgan fingerprint density at radius 3 is 2.68 bits per heavy atom. The number of nitrogens with one attached hydrogen (secondary N) is 1. The molecule has 0 saturated heterocycles. The van der Waals surface area contributed by atoms with Crippen molar-refractivity contribution >= 4 is 28.4 Å². The highest BCUT2D eigenvalue weighted by Gasteiger charge is 2.32. The van der Waals surface area contributed by atoms with Gasteiger partial charge in [0.25, 0.3) is 0 Å². The monoisotopic (exact) mass is 391 g/mol. The van der Waals surface area contributed by atoms with E-state index >= 15 is 0 Å². The number of aliphatic hydroxyl groups excluding tert-OH is 1. The largest absolute Gasteiger partial charge is 0.510 e. The Kier molecular flexibility index (Phi) is 5.12. The van der Waals surface area contributed by atoms with Gasteiger partial charge in [-0.1, -0.05) is 49.4 Å². The first-order valence-electron chi connectivity index (χ1n) is 9.20. The van der Waals surface area contributed by atoms with Gasteiger partial charge < -0.3 is 14.7 Å². The van der Waals surface area contributed by atoms with Gasteiger partial charge in [0.15, 0.2) is 0 Å². The summed E-state index contributed by atoms with van der Waals surface area (Å²) in [5.41, 5.74) is 3.13. The Balaban J connectivity index is 1.63. The van der Waals surface area contributed by atoms with Crippen LogP contribution < -0.4 is 9.64 Å². The maximum atomic E-state index is 10.6. The molecule has 0 amide bonds. The second kappa shape index (κ2) is 7.86. The summed E-state index contributed by atoms with van der Waals surface area (Å²) in [5, 5.41) is 21.9. The number of hydrogen-bond acceptors (Lipinski definition) is 5. The molecule has 2 N–H and O–H groups in total. The van der Waals surface area contributed by atoms with Crippen LogP contribution in [0.3, 0.4) is 0 Å². The standard InChI is InChI=1S/C22H21N3O2S/c1-2-12-27-19-11-7-6-10-17(19)25-13-18(26)20(21(25)23)22-24-16(14-28-22)15-8-4-3-5-9-15/h3-11,14,23,26H,2,12-13H2,1H3. The lowest BCUT2D eigenvalue weighted by atomic mass is 10.2. The molecule has 0 atom stereocenters. The lowest BCUT2D eigenvalue weighted by molar-refractivity contribution is 0.318. The van der Waals surface area contributed by atoms with Crippen LogP contribution in [0.5, 0.6) is 5.75 Å². The number of aliphatic hydroxyl groups is 1. The van der Waals surface area contributed by atoms with Gasteiger partial charge in [-0.15, -0.1) is 11.3 Å². The summed E-state index contributed by atoms with van der Waals surface area (Å²) in [7, 11) is 0. The van der Waals surface area contributed by atoms with Crippen molar-refractivity contribution in [3.8, 4) is 17.0 Å². The zero-order valence-corrected chi connectivity index (χ0v) is 16.4. The fourth-order valence-corrected chi connectivity index (χ4v) is 4.05. The zero-order chi connectivity index (χ0) is 19.5. The number of thiazole rings is 1. The highest BCUT2D eigenvalue weighted by molar-refractivity contribution is 7.11. The number of anilines is 1. The molecule has 6 heteroatoms. The molecule has 0 bridgehead atoms. The second-order valence-electron chi connectivity index (χ2n) is 6.48. The molecule has 1 aromatic heterocycles. The normalized spacial score (nSPS) is 14.0. The SMILES string of the molecule is CCCOc1ccccc1N1CC(O)=C(c2nc(-c3ccccc3)cs2)C1=N. The molecule has 0 radical (unpaired) electrons. The van der Waals surface area contributed by atoms with Gasteiger partial charge in [-0.05, 0) is 18.6 Å². The summed E-state index contributed by atoms with van der Waals surface area (Å²) in [4.78, 5) is 6.43. The number of hydrogen-bond donors (Lipinski definition) is 2. The van der Waals surface area contributed by atoms with Crippen molar-refractivity contribution in [2.45, 2.75) is 13.3 Å². The molecule has 142 valence electrons. The predicted octanol–water partition coefficient (Wildman–Crippen LogP) is 5.37. The van der Waals surface area contributed by atoms with E-state index in [4.69, 9.17) is 10.1 Å². The number of para-hydroxylation sites is 2. The van der Waals surface area contributed by atoms with Crippen LogP contribution in [0.15, 0.2) is 65.7 Å². The molecule has 0 fully saturated rings. The first-order valence-corrected chi connectivity index (χ1v) is 10.1. The van der Waals surface area contributed by atoms with Crippen LogP contribution in [0.2, 0.25) is 0 Å². The van der Waals surface area contributed by atoms with E-state index in [9.17, 15) is 5.11 Å². The average molecular weight is 391 g/mol. The van der Waals surface area contributed by atoms with Gasteiger partial charge in [0.1, 0.15) is 22.4 Å². The summed E-state index contributed by atoms with van der Waals surface area (Å²) >= 11 is 1.44.